The Morgan fingerprint density at radius 2 is 0.902 bits per heavy atom. The molecule has 0 amide bonds. The Kier molecular flexibility index (Phi) is 4.37. The predicted octanol–water partition coefficient (Wildman–Crippen LogP) is 10.3. The average Bonchev–Trinajstić information content (AvgIpc) is 3.67. The van der Waals surface area contributed by atoms with Crippen molar-refractivity contribution in [1.82, 2.24) is 9.13 Å². The summed E-state index contributed by atoms with van der Waals surface area (Å²) in [6.07, 6.45) is 0. The Bertz CT molecular complexity index is 2500. The minimum absolute atomic E-state index is 0.611. The van der Waals surface area contributed by atoms with Gasteiger partial charge < -0.3 is 13.6 Å². The maximum atomic E-state index is 7.46. The van der Waals surface area contributed by atoms with Crippen molar-refractivity contribution in [2.45, 2.75) is 0 Å². The van der Waals surface area contributed by atoms with Crippen LogP contribution >= 0.6 is 0 Å². The van der Waals surface area contributed by atoms with Gasteiger partial charge in [-0.15, -0.1) is 0 Å². The van der Waals surface area contributed by atoms with Crippen LogP contribution in [0.2, 0.25) is 0 Å². The molecule has 0 saturated carbocycles. The molecule has 0 unspecified atom stereocenters. The third kappa shape index (κ3) is 3.03. The zero-order chi connectivity index (χ0) is 27.1. The van der Waals surface area contributed by atoms with Crippen molar-refractivity contribution < 1.29 is 4.42 Å². The van der Waals surface area contributed by atoms with Crippen molar-refractivity contribution in [3.63, 3.8) is 0 Å². The first-order valence-electron chi connectivity index (χ1n) is 13.6. The number of rotatable bonds is 2. The number of benzene rings is 6. The van der Waals surface area contributed by atoms with Crippen LogP contribution in [0.1, 0.15) is 0 Å². The summed E-state index contributed by atoms with van der Waals surface area (Å²) in [6.45, 7) is 7.46. The number of fused-ring (bicyclic) bond motifs is 9. The van der Waals surface area contributed by atoms with E-state index in [0.717, 1.165) is 44.3 Å². The zero-order valence-corrected chi connectivity index (χ0v) is 21.9. The molecule has 6 aromatic carbocycles. The van der Waals surface area contributed by atoms with Crippen molar-refractivity contribution in [3.8, 4) is 11.4 Å². The van der Waals surface area contributed by atoms with Gasteiger partial charge in [0.25, 0.3) is 0 Å². The summed E-state index contributed by atoms with van der Waals surface area (Å²) >= 11 is 0. The minimum Gasteiger partial charge on any atom is -0.456 e. The third-order valence-corrected chi connectivity index (χ3v) is 8.32. The van der Waals surface area contributed by atoms with Crippen LogP contribution in [0, 0.1) is 6.57 Å². The summed E-state index contributed by atoms with van der Waals surface area (Å²) in [5.74, 6) is 0. The van der Waals surface area contributed by atoms with E-state index in [9.17, 15) is 0 Å². The Morgan fingerprint density at radius 3 is 1.51 bits per heavy atom. The molecule has 41 heavy (non-hydrogen) atoms. The number of para-hydroxylation sites is 3. The van der Waals surface area contributed by atoms with Crippen LogP contribution in [-0.2, 0) is 0 Å². The number of nitrogens with zero attached hydrogens (tertiary/aromatic N) is 3. The molecule has 9 aromatic rings. The maximum absolute atomic E-state index is 7.46. The van der Waals surface area contributed by atoms with Gasteiger partial charge in [-0.1, -0.05) is 60.7 Å². The molecule has 9 rings (SSSR count). The van der Waals surface area contributed by atoms with Crippen molar-refractivity contribution in [2.75, 3.05) is 0 Å². The Balaban J connectivity index is 1.33. The number of furan rings is 1. The van der Waals surface area contributed by atoms with Crippen molar-refractivity contribution in [1.29, 1.82) is 0 Å². The highest BCUT2D eigenvalue weighted by Gasteiger charge is 2.17. The molecule has 0 aliphatic heterocycles. The molecule has 0 fully saturated rings. The van der Waals surface area contributed by atoms with Crippen LogP contribution in [0.5, 0.6) is 0 Å². The molecule has 0 aliphatic carbocycles. The van der Waals surface area contributed by atoms with Crippen LogP contribution in [0.15, 0.2) is 132 Å². The third-order valence-electron chi connectivity index (χ3n) is 8.32. The summed E-state index contributed by atoms with van der Waals surface area (Å²) in [4.78, 5) is 3.63. The summed E-state index contributed by atoms with van der Waals surface area (Å²) < 4.78 is 10.8. The predicted molar refractivity (Wildman–Crippen MR) is 169 cm³/mol. The summed E-state index contributed by atoms with van der Waals surface area (Å²) in [5, 5.41) is 6.89. The molecule has 0 bridgehead atoms. The maximum Gasteiger partial charge on any atom is 0.188 e. The van der Waals surface area contributed by atoms with Gasteiger partial charge >= 0.3 is 0 Å². The lowest BCUT2D eigenvalue weighted by Gasteiger charge is -2.10. The number of hydrogen-bond donors (Lipinski definition) is 0. The van der Waals surface area contributed by atoms with Crippen molar-refractivity contribution in [2.24, 2.45) is 0 Å². The van der Waals surface area contributed by atoms with Gasteiger partial charge in [-0.25, -0.2) is 4.85 Å². The van der Waals surface area contributed by atoms with Crippen LogP contribution < -0.4 is 0 Å². The first-order valence-corrected chi connectivity index (χ1v) is 13.6. The molecule has 0 atom stereocenters. The molecule has 0 radical (unpaired) electrons. The lowest BCUT2D eigenvalue weighted by atomic mass is 10.1. The lowest BCUT2D eigenvalue weighted by molar-refractivity contribution is 0.669. The van der Waals surface area contributed by atoms with E-state index in [2.05, 4.69) is 117 Å². The van der Waals surface area contributed by atoms with Crippen molar-refractivity contribution in [3.05, 3.63) is 139 Å². The molecule has 0 spiro atoms. The normalized spacial score (nSPS) is 11.9. The highest BCUT2D eigenvalue weighted by molar-refractivity contribution is 6.13. The van der Waals surface area contributed by atoms with E-state index in [0.29, 0.717) is 5.69 Å². The Labute approximate surface area is 234 Å². The fourth-order valence-electron chi connectivity index (χ4n) is 6.54. The Hall–Kier alpha value is -5.79. The molecule has 3 heterocycles. The second kappa shape index (κ2) is 8.11. The van der Waals surface area contributed by atoms with Gasteiger partial charge in [0.1, 0.15) is 11.2 Å². The van der Waals surface area contributed by atoms with Crippen LogP contribution in [-0.4, -0.2) is 9.13 Å². The van der Waals surface area contributed by atoms with Gasteiger partial charge in [0.2, 0.25) is 0 Å². The molecule has 0 aliphatic rings. The van der Waals surface area contributed by atoms with E-state index >= 15 is 0 Å². The van der Waals surface area contributed by atoms with E-state index in [1.165, 1.54) is 32.6 Å². The first-order chi connectivity index (χ1) is 20.3. The summed E-state index contributed by atoms with van der Waals surface area (Å²) in [6, 6.07) is 44.6. The van der Waals surface area contributed by atoms with E-state index in [1.807, 2.05) is 18.2 Å². The van der Waals surface area contributed by atoms with Gasteiger partial charge in [0.05, 0.1) is 28.6 Å². The van der Waals surface area contributed by atoms with E-state index in [-0.39, 0.29) is 0 Å². The van der Waals surface area contributed by atoms with Crippen LogP contribution in [0.25, 0.3) is 81.8 Å². The summed E-state index contributed by atoms with van der Waals surface area (Å²) in [5.41, 5.74) is 9.12. The summed E-state index contributed by atoms with van der Waals surface area (Å²) in [7, 11) is 0. The fraction of sp³-hybridized carbons (Fsp3) is 0. The van der Waals surface area contributed by atoms with E-state index < -0.39 is 0 Å². The van der Waals surface area contributed by atoms with Gasteiger partial charge in [-0.3, -0.25) is 0 Å². The lowest BCUT2D eigenvalue weighted by Crippen LogP contribution is -1.95. The van der Waals surface area contributed by atoms with Gasteiger partial charge in [0.15, 0.2) is 5.69 Å². The van der Waals surface area contributed by atoms with Gasteiger partial charge in [-0.2, -0.15) is 0 Å². The molecule has 4 heteroatoms. The first kappa shape index (κ1) is 22.1. The SMILES string of the molecule is [C-]#[N+]c1ccc2oc3ccc(-n4c5ccccc5c5cc(-n6c7ccccc7c7ccccc76)ccc54)cc3c2c1. The molecule has 0 N–H and O–H groups in total. The van der Waals surface area contributed by atoms with Gasteiger partial charge in [0, 0.05) is 43.7 Å². The molecule has 4 nitrogen and oxygen atoms in total. The number of hydrogen-bond acceptors (Lipinski definition) is 1. The molecule has 190 valence electrons. The number of aromatic nitrogens is 2. The smallest absolute Gasteiger partial charge is 0.188 e. The van der Waals surface area contributed by atoms with Crippen LogP contribution in [0.3, 0.4) is 0 Å². The van der Waals surface area contributed by atoms with Gasteiger partial charge in [-0.05, 0) is 66.7 Å². The van der Waals surface area contributed by atoms with E-state index in [1.54, 1.807) is 6.07 Å². The second-order valence-electron chi connectivity index (χ2n) is 10.5. The van der Waals surface area contributed by atoms with Crippen molar-refractivity contribution >= 4 is 71.2 Å². The second-order valence-corrected chi connectivity index (χ2v) is 10.5. The molecular weight excluding hydrogens is 502 g/mol. The highest BCUT2D eigenvalue weighted by Crippen LogP contribution is 2.38. The quantitative estimate of drug-likeness (QED) is 0.207. The minimum atomic E-state index is 0.611. The Morgan fingerprint density at radius 1 is 0.439 bits per heavy atom. The fourth-order valence-corrected chi connectivity index (χ4v) is 6.54. The van der Waals surface area contributed by atoms with E-state index in [4.69, 9.17) is 11.0 Å². The largest absolute Gasteiger partial charge is 0.456 e. The molecule has 0 saturated heterocycles. The monoisotopic (exact) mass is 523 g/mol. The topological polar surface area (TPSA) is 27.4 Å². The molecule has 3 aromatic heterocycles. The highest BCUT2D eigenvalue weighted by atomic mass is 16.3. The average molecular weight is 524 g/mol. The standard InChI is InChI=1S/C37H21N3O/c1-38-23-14-18-36-30(20-23)31-22-25(16-19-37(31)41-36)40-34-13-7-4-10-28(34)29-21-24(15-17-35(29)40)39-32-11-5-2-8-26(32)27-9-3-6-12-33(27)39/h2-22H. The van der Waals surface area contributed by atoms with Crippen LogP contribution in [0.4, 0.5) is 5.69 Å². The molecular formula is C37H21N3O. The zero-order valence-electron chi connectivity index (χ0n) is 21.9.